The Morgan fingerprint density at radius 2 is 2.15 bits per heavy atom. The van der Waals surface area contributed by atoms with E-state index in [-0.39, 0.29) is 18.9 Å². The minimum atomic E-state index is -0.743. The van der Waals surface area contributed by atoms with E-state index in [1.807, 2.05) is 11.4 Å². The highest BCUT2D eigenvalue weighted by Crippen LogP contribution is 2.18. The quantitative estimate of drug-likeness (QED) is 0.858. The lowest BCUT2D eigenvalue weighted by Crippen LogP contribution is -2.32. The summed E-state index contributed by atoms with van der Waals surface area (Å²) >= 11 is 1.41. The van der Waals surface area contributed by atoms with Crippen LogP contribution in [0.3, 0.4) is 0 Å². The van der Waals surface area contributed by atoms with Crippen molar-refractivity contribution in [2.75, 3.05) is 13.2 Å². The molecule has 4 nitrogen and oxygen atoms in total. The van der Waals surface area contributed by atoms with Crippen LogP contribution in [0.1, 0.15) is 11.0 Å². The topological polar surface area (TPSA) is 58.6 Å². The van der Waals surface area contributed by atoms with Gasteiger partial charge in [-0.1, -0.05) is 18.2 Å². The Hall–Kier alpha value is -1.92. The predicted molar refractivity (Wildman–Crippen MR) is 74.2 cm³/mol. The Morgan fingerprint density at radius 3 is 2.85 bits per heavy atom. The first-order chi connectivity index (χ1) is 9.66. The van der Waals surface area contributed by atoms with Gasteiger partial charge in [-0.2, -0.15) is 0 Å². The number of rotatable bonds is 6. The summed E-state index contributed by atoms with van der Waals surface area (Å²) in [6.07, 6.45) is -0.743. The van der Waals surface area contributed by atoms with Crippen LogP contribution < -0.4 is 10.1 Å². The summed E-state index contributed by atoms with van der Waals surface area (Å²) < 4.78 is 18.3. The van der Waals surface area contributed by atoms with Crippen LogP contribution in [0.25, 0.3) is 0 Å². The number of carbonyl (C=O) groups is 1. The number of nitrogens with one attached hydrogen (secondary N) is 1. The average Bonchev–Trinajstić information content (AvgIpc) is 2.98. The normalized spacial score (nSPS) is 11.9. The number of carbonyl (C=O) groups excluding carboxylic acids is 1. The Balaban J connectivity index is 1.75. The lowest BCUT2D eigenvalue weighted by atomic mass is 10.3. The molecule has 1 aromatic heterocycles. The Labute approximate surface area is 119 Å². The number of para-hydroxylation sites is 1. The maximum atomic E-state index is 13.2. The second kappa shape index (κ2) is 7.02. The van der Waals surface area contributed by atoms with Gasteiger partial charge in [0.05, 0.1) is 0 Å². The molecule has 106 valence electrons. The van der Waals surface area contributed by atoms with Gasteiger partial charge >= 0.3 is 0 Å². The van der Waals surface area contributed by atoms with Crippen LogP contribution in [0.4, 0.5) is 4.39 Å². The Bertz CT molecular complexity index is 559. The van der Waals surface area contributed by atoms with Crippen molar-refractivity contribution < 1.29 is 19.0 Å². The van der Waals surface area contributed by atoms with E-state index in [4.69, 9.17) is 4.74 Å². The first-order valence-electron chi connectivity index (χ1n) is 6.02. The van der Waals surface area contributed by atoms with Crippen LogP contribution in [0.15, 0.2) is 41.8 Å². The zero-order valence-electron chi connectivity index (χ0n) is 10.6. The lowest BCUT2D eigenvalue weighted by molar-refractivity contribution is -0.123. The lowest BCUT2D eigenvalue weighted by Gasteiger charge is -2.11. The van der Waals surface area contributed by atoms with Gasteiger partial charge in [0.2, 0.25) is 0 Å². The molecule has 0 saturated carbocycles. The number of ether oxygens (including phenoxy) is 1. The van der Waals surface area contributed by atoms with Crippen molar-refractivity contribution in [2.45, 2.75) is 6.10 Å². The Morgan fingerprint density at radius 1 is 1.35 bits per heavy atom. The molecule has 0 unspecified atom stereocenters. The first-order valence-corrected chi connectivity index (χ1v) is 6.90. The predicted octanol–water partition coefficient (Wildman–Crippen LogP) is 2.12. The largest absolute Gasteiger partial charge is 0.481 e. The summed E-state index contributed by atoms with van der Waals surface area (Å²) in [5, 5.41) is 14.2. The number of amides is 1. The van der Waals surface area contributed by atoms with Gasteiger partial charge in [-0.15, -0.1) is 11.3 Å². The maximum absolute atomic E-state index is 13.2. The van der Waals surface area contributed by atoms with E-state index < -0.39 is 17.8 Å². The molecule has 0 fully saturated rings. The van der Waals surface area contributed by atoms with Crippen LogP contribution >= 0.6 is 11.3 Å². The molecule has 0 bridgehead atoms. The van der Waals surface area contributed by atoms with Gasteiger partial charge in [0.15, 0.2) is 18.2 Å². The summed E-state index contributed by atoms with van der Waals surface area (Å²) in [4.78, 5) is 12.3. The highest BCUT2D eigenvalue weighted by molar-refractivity contribution is 7.10. The second-order valence-electron chi connectivity index (χ2n) is 4.05. The summed E-state index contributed by atoms with van der Waals surface area (Å²) in [5.41, 5.74) is 0. The van der Waals surface area contributed by atoms with E-state index in [0.717, 1.165) is 4.88 Å². The monoisotopic (exact) mass is 295 g/mol. The number of aliphatic hydroxyl groups is 1. The maximum Gasteiger partial charge on any atom is 0.258 e. The highest BCUT2D eigenvalue weighted by Gasteiger charge is 2.11. The zero-order chi connectivity index (χ0) is 14.4. The van der Waals surface area contributed by atoms with E-state index in [9.17, 15) is 14.3 Å². The minimum absolute atomic E-state index is 0.0291. The van der Waals surface area contributed by atoms with Gasteiger partial charge in [-0.3, -0.25) is 4.79 Å². The number of benzene rings is 1. The molecule has 0 aliphatic heterocycles. The molecule has 2 rings (SSSR count). The molecule has 1 heterocycles. The number of hydrogen-bond acceptors (Lipinski definition) is 4. The van der Waals surface area contributed by atoms with E-state index in [1.54, 1.807) is 18.2 Å². The summed E-state index contributed by atoms with van der Waals surface area (Å²) in [5.74, 6) is -0.899. The third-order valence-electron chi connectivity index (χ3n) is 2.56. The van der Waals surface area contributed by atoms with Crippen LogP contribution in [-0.2, 0) is 4.79 Å². The van der Waals surface area contributed by atoms with Gasteiger partial charge in [0, 0.05) is 11.4 Å². The molecule has 20 heavy (non-hydrogen) atoms. The second-order valence-corrected chi connectivity index (χ2v) is 5.03. The molecule has 1 amide bonds. The van der Waals surface area contributed by atoms with Crippen molar-refractivity contribution in [1.82, 2.24) is 5.32 Å². The van der Waals surface area contributed by atoms with Gasteiger partial charge in [0.25, 0.3) is 5.91 Å². The fourth-order valence-electron chi connectivity index (χ4n) is 1.55. The summed E-state index contributed by atoms with van der Waals surface area (Å²) in [7, 11) is 0. The van der Waals surface area contributed by atoms with Gasteiger partial charge in [-0.05, 0) is 23.6 Å². The molecule has 0 aliphatic carbocycles. The third kappa shape index (κ3) is 4.04. The van der Waals surface area contributed by atoms with Gasteiger partial charge in [-0.25, -0.2) is 4.39 Å². The molecule has 1 aromatic carbocycles. The van der Waals surface area contributed by atoms with Crippen molar-refractivity contribution in [3.05, 3.63) is 52.5 Å². The number of aliphatic hydroxyl groups excluding tert-OH is 1. The number of halogens is 1. The van der Waals surface area contributed by atoms with E-state index in [0.29, 0.717) is 0 Å². The van der Waals surface area contributed by atoms with Crippen molar-refractivity contribution in [2.24, 2.45) is 0 Å². The molecule has 0 radical (unpaired) electrons. The van der Waals surface area contributed by atoms with E-state index in [2.05, 4.69) is 5.32 Å². The zero-order valence-corrected chi connectivity index (χ0v) is 11.4. The van der Waals surface area contributed by atoms with Crippen molar-refractivity contribution >= 4 is 17.2 Å². The summed E-state index contributed by atoms with van der Waals surface area (Å²) in [6, 6.07) is 9.48. The number of thiophene rings is 1. The number of hydrogen-bond donors (Lipinski definition) is 2. The SMILES string of the molecule is O=C(COc1ccccc1F)NC[C@H](O)c1cccs1. The van der Waals surface area contributed by atoms with Crippen molar-refractivity contribution in [3.63, 3.8) is 0 Å². The third-order valence-corrected chi connectivity index (χ3v) is 3.53. The highest BCUT2D eigenvalue weighted by atomic mass is 32.1. The fraction of sp³-hybridized carbons (Fsp3) is 0.214. The molecular formula is C14H14FNO3S. The van der Waals surface area contributed by atoms with E-state index in [1.165, 1.54) is 23.5 Å². The smallest absolute Gasteiger partial charge is 0.258 e. The van der Waals surface area contributed by atoms with Gasteiger partial charge < -0.3 is 15.2 Å². The molecular weight excluding hydrogens is 281 g/mol. The summed E-state index contributed by atoms with van der Waals surface area (Å²) in [6.45, 7) is -0.196. The minimum Gasteiger partial charge on any atom is -0.481 e. The molecule has 1 atom stereocenters. The van der Waals surface area contributed by atoms with Gasteiger partial charge in [0.1, 0.15) is 6.10 Å². The van der Waals surface area contributed by atoms with Crippen LogP contribution in [0, 0.1) is 5.82 Å². The molecule has 6 heteroatoms. The molecule has 2 aromatic rings. The Kier molecular flexibility index (Phi) is 5.09. The van der Waals surface area contributed by atoms with Crippen molar-refractivity contribution in [1.29, 1.82) is 0 Å². The molecule has 0 aliphatic rings. The molecule has 0 saturated heterocycles. The fourth-order valence-corrected chi connectivity index (χ4v) is 2.26. The molecule has 2 N–H and O–H groups in total. The van der Waals surface area contributed by atoms with Crippen LogP contribution in [0.5, 0.6) is 5.75 Å². The average molecular weight is 295 g/mol. The van der Waals surface area contributed by atoms with Crippen molar-refractivity contribution in [3.8, 4) is 5.75 Å². The molecule has 0 spiro atoms. The van der Waals surface area contributed by atoms with Crippen LogP contribution in [-0.4, -0.2) is 24.2 Å². The van der Waals surface area contributed by atoms with E-state index >= 15 is 0 Å². The standard InChI is InChI=1S/C14H14FNO3S/c15-10-4-1-2-5-12(10)19-9-14(18)16-8-11(17)13-6-3-7-20-13/h1-7,11,17H,8-9H2,(H,16,18)/t11-/m0/s1. The van der Waals surface area contributed by atoms with Crippen LogP contribution in [0.2, 0.25) is 0 Å². The first kappa shape index (κ1) is 14.5.